The van der Waals surface area contributed by atoms with Crippen LogP contribution >= 0.6 is 0 Å². The van der Waals surface area contributed by atoms with Gasteiger partial charge in [0.1, 0.15) is 5.82 Å². The molecule has 0 spiro atoms. The molecule has 2 heterocycles. The summed E-state index contributed by atoms with van der Waals surface area (Å²) in [5, 5.41) is 0. The Morgan fingerprint density at radius 3 is 2.62 bits per heavy atom. The van der Waals surface area contributed by atoms with Crippen LogP contribution in [0.1, 0.15) is 63.0 Å². The van der Waals surface area contributed by atoms with Crippen LogP contribution in [0.4, 0.5) is 5.82 Å². The van der Waals surface area contributed by atoms with Gasteiger partial charge in [0.25, 0.3) is 0 Å². The molecule has 3 heteroatoms. The van der Waals surface area contributed by atoms with E-state index in [9.17, 15) is 0 Å². The predicted molar refractivity (Wildman–Crippen MR) is 101 cm³/mol. The third-order valence-electron chi connectivity index (χ3n) is 5.87. The number of ether oxygens (including phenoxy) is 1. The molecule has 3 rings (SSSR count). The predicted octanol–water partition coefficient (Wildman–Crippen LogP) is 5.04. The first-order chi connectivity index (χ1) is 11.7. The van der Waals surface area contributed by atoms with Gasteiger partial charge in [-0.2, -0.15) is 0 Å². The van der Waals surface area contributed by atoms with E-state index in [1.807, 2.05) is 0 Å². The maximum absolute atomic E-state index is 6.13. The minimum absolute atomic E-state index is 0.765. The Bertz CT molecular complexity index is 552. The minimum Gasteiger partial charge on any atom is -0.376 e. The average Bonchev–Trinajstić information content (AvgIpc) is 2.91. The van der Waals surface area contributed by atoms with Gasteiger partial charge in [-0.1, -0.05) is 45.1 Å². The Morgan fingerprint density at radius 2 is 1.88 bits per heavy atom. The van der Waals surface area contributed by atoms with Crippen molar-refractivity contribution in [2.45, 2.75) is 64.9 Å². The highest BCUT2D eigenvalue weighted by Gasteiger charge is 2.22. The Labute approximate surface area is 147 Å². The molecule has 0 atom stereocenters. The summed E-state index contributed by atoms with van der Waals surface area (Å²) in [6, 6.07) is 0. The van der Waals surface area contributed by atoms with E-state index >= 15 is 0 Å². The van der Waals surface area contributed by atoms with Crippen molar-refractivity contribution < 1.29 is 4.74 Å². The third kappa shape index (κ3) is 4.05. The smallest absolute Gasteiger partial charge is 0.115 e. The molecule has 0 saturated heterocycles. The molecule has 1 fully saturated rings. The second-order valence-corrected chi connectivity index (χ2v) is 7.81. The number of hydrogen-bond donors (Lipinski definition) is 0. The van der Waals surface area contributed by atoms with Gasteiger partial charge in [-0.15, -0.1) is 0 Å². The van der Waals surface area contributed by atoms with Crippen LogP contribution in [-0.2, 0) is 24.8 Å². The summed E-state index contributed by atoms with van der Waals surface area (Å²) in [7, 11) is 4.26. The van der Waals surface area contributed by atoms with Crippen LogP contribution in [-0.4, -0.2) is 18.2 Å². The molecule has 0 aromatic carbocycles. The van der Waals surface area contributed by atoms with Crippen molar-refractivity contribution in [2.75, 3.05) is 18.6 Å². The molecule has 0 N–H and O–H groups in total. The van der Waals surface area contributed by atoms with E-state index in [2.05, 4.69) is 49.0 Å². The van der Waals surface area contributed by atoms with Gasteiger partial charge in [0.15, 0.2) is 0 Å². The molecule has 0 radical (unpaired) electrons. The molecule has 1 aromatic heterocycles. The Hall–Kier alpha value is -1.22. The molecule has 1 saturated carbocycles. The summed E-state index contributed by atoms with van der Waals surface area (Å²) >= 11 is 0. The SMILES string of the molecule is CCCCC1CCC(COCc2cn(C)c3c2CC=CN3C)CC1. The van der Waals surface area contributed by atoms with E-state index < -0.39 is 0 Å². The highest BCUT2D eigenvalue weighted by Crippen LogP contribution is 2.33. The largest absolute Gasteiger partial charge is 0.376 e. The summed E-state index contributed by atoms with van der Waals surface area (Å²) in [6.07, 6.45) is 17.4. The molecule has 3 nitrogen and oxygen atoms in total. The maximum Gasteiger partial charge on any atom is 0.115 e. The monoisotopic (exact) mass is 330 g/mol. The number of allylic oxidation sites excluding steroid dienone is 1. The molecule has 0 bridgehead atoms. The zero-order valence-corrected chi connectivity index (χ0v) is 15.8. The summed E-state index contributed by atoms with van der Waals surface area (Å²) in [5.41, 5.74) is 2.80. The van der Waals surface area contributed by atoms with Gasteiger partial charge in [0, 0.05) is 44.2 Å². The molecule has 134 valence electrons. The van der Waals surface area contributed by atoms with Crippen LogP contribution in [0.3, 0.4) is 0 Å². The summed E-state index contributed by atoms with van der Waals surface area (Å²) in [5.74, 6) is 3.09. The molecule has 2 aliphatic rings. The topological polar surface area (TPSA) is 17.4 Å². The standard InChI is InChI=1S/C21H34N2O/c1-4-5-7-17-9-11-18(12-10-17)15-24-16-19-14-23(3)21-20(19)8-6-13-22(21)2/h6,13-14,17-18H,4-5,7-12,15-16H2,1-3H3. The lowest BCUT2D eigenvalue weighted by Crippen LogP contribution is -2.19. The Balaban J connectivity index is 1.44. The molecule has 24 heavy (non-hydrogen) atoms. The second kappa shape index (κ2) is 8.24. The van der Waals surface area contributed by atoms with E-state index in [4.69, 9.17) is 4.74 Å². The van der Waals surface area contributed by atoms with E-state index in [0.717, 1.165) is 31.5 Å². The van der Waals surface area contributed by atoms with Gasteiger partial charge in [-0.3, -0.25) is 0 Å². The van der Waals surface area contributed by atoms with Crippen molar-refractivity contribution in [3.8, 4) is 0 Å². The first-order valence-electron chi connectivity index (χ1n) is 9.83. The van der Waals surface area contributed by atoms with E-state index in [-0.39, 0.29) is 0 Å². The number of aromatic nitrogens is 1. The van der Waals surface area contributed by atoms with Crippen molar-refractivity contribution in [2.24, 2.45) is 18.9 Å². The van der Waals surface area contributed by atoms with Crippen molar-refractivity contribution in [1.29, 1.82) is 0 Å². The normalized spacial score (nSPS) is 23.5. The number of hydrogen-bond acceptors (Lipinski definition) is 2. The maximum atomic E-state index is 6.13. The molecular weight excluding hydrogens is 296 g/mol. The van der Waals surface area contributed by atoms with Crippen LogP contribution in [0.25, 0.3) is 0 Å². The Kier molecular flexibility index (Phi) is 6.04. The highest BCUT2D eigenvalue weighted by molar-refractivity contribution is 5.57. The van der Waals surface area contributed by atoms with Crippen LogP contribution in [0, 0.1) is 11.8 Å². The number of aryl methyl sites for hydroxylation is 1. The van der Waals surface area contributed by atoms with Crippen molar-refractivity contribution in [3.63, 3.8) is 0 Å². The van der Waals surface area contributed by atoms with Crippen LogP contribution in [0.15, 0.2) is 18.5 Å². The van der Waals surface area contributed by atoms with Crippen LogP contribution in [0.2, 0.25) is 0 Å². The lowest BCUT2D eigenvalue weighted by molar-refractivity contribution is 0.0659. The van der Waals surface area contributed by atoms with E-state index in [1.165, 1.54) is 61.9 Å². The van der Waals surface area contributed by atoms with Gasteiger partial charge in [0.05, 0.1) is 6.61 Å². The Morgan fingerprint density at radius 1 is 1.12 bits per heavy atom. The van der Waals surface area contributed by atoms with Gasteiger partial charge >= 0.3 is 0 Å². The molecule has 1 aliphatic carbocycles. The quantitative estimate of drug-likeness (QED) is 0.696. The zero-order chi connectivity index (χ0) is 16.9. The van der Waals surface area contributed by atoms with Gasteiger partial charge < -0.3 is 14.2 Å². The first-order valence-corrected chi connectivity index (χ1v) is 9.83. The second-order valence-electron chi connectivity index (χ2n) is 7.81. The third-order valence-corrected chi connectivity index (χ3v) is 5.87. The number of fused-ring (bicyclic) bond motifs is 1. The molecule has 0 amide bonds. The van der Waals surface area contributed by atoms with Crippen LogP contribution < -0.4 is 4.90 Å². The average molecular weight is 331 g/mol. The van der Waals surface area contributed by atoms with Crippen molar-refractivity contribution >= 4 is 5.82 Å². The molecule has 1 aliphatic heterocycles. The van der Waals surface area contributed by atoms with E-state index in [1.54, 1.807) is 0 Å². The van der Waals surface area contributed by atoms with Crippen molar-refractivity contribution in [3.05, 3.63) is 29.6 Å². The van der Waals surface area contributed by atoms with Gasteiger partial charge in [-0.25, -0.2) is 0 Å². The fourth-order valence-corrected chi connectivity index (χ4v) is 4.45. The lowest BCUT2D eigenvalue weighted by Gasteiger charge is -2.28. The molecule has 0 unspecified atom stereocenters. The van der Waals surface area contributed by atoms with Crippen molar-refractivity contribution in [1.82, 2.24) is 4.57 Å². The minimum atomic E-state index is 0.765. The zero-order valence-electron chi connectivity index (χ0n) is 15.8. The lowest BCUT2D eigenvalue weighted by atomic mass is 9.80. The summed E-state index contributed by atoms with van der Waals surface area (Å²) < 4.78 is 8.37. The highest BCUT2D eigenvalue weighted by atomic mass is 16.5. The number of anilines is 1. The van der Waals surface area contributed by atoms with E-state index in [0.29, 0.717) is 0 Å². The fourth-order valence-electron chi connectivity index (χ4n) is 4.45. The number of rotatable bonds is 7. The summed E-state index contributed by atoms with van der Waals surface area (Å²) in [4.78, 5) is 2.21. The van der Waals surface area contributed by atoms with Crippen LogP contribution in [0.5, 0.6) is 0 Å². The van der Waals surface area contributed by atoms with Gasteiger partial charge in [-0.05, 0) is 31.1 Å². The molecule has 1 aromatic rings. The molecular formula is C21H34N2O. The summed E-state index contributed by atoms with van der Waals surface area (Å²) in [6.45, 7) is 4.01. The number of unbranched alkanes of at least 4 members (excludes halogenated alkanes) is 1. The fraction of sp³-hybridized carbons (Fsp3) is 0.714. The number of nitrogens with zero attached hydrogens (tertiary/aromatic N) is 2. The van der Waals surface area contributed by atoms with Gasteiger partial charge in [0.2, 0.25) is 0 Å². The first kappa shape index (κ1) is 17.6.